The van der Waals surface area contributed by atoms with Gasteiger partial charge >= 0.3 is 0 Å². The summed E-state index contributed by atoms with van der Waals surface area (Å²) in [5.74, 6) is 0. The molecule has 5 rings (SSSR count). The zero-order valence-electron chi connectivity index (χ0n) is 14.9. The highest BCUT2D eigenvalue weighted by Crippen LogP contribution is 2.25. The Morgan fingerprint density at radius 1 is 1.19 bits per heavy atom. The number of oxazole rings is 1. The smallest absolute Gasteiger partial charge is 0.295 e. The van der Waals surface area contributed by atoms with Gasteiger partial charge in [-0.05, 0) is 42.7 Å². The van der Waals surface area contributed by atoms with E-state index < -0.39 is 0 Å². The number of hydrogen-bond acceptors (Lipinski definition) is 6. The maximum Gasteiger partial charge on any atom is 0.295 e. The zero-order valence-corrected chi connectivity index (χ0v) is 14.9. The van der Waals surface area contributed by atoms with Gasteiger partial charge in [0.25, 0.3) is 6.01 Å². The molecule has 2 atom stereocenters. The first kappa shape index (κ1) is 16.3. The lowest BCUT2D eigenvalue weighted by Gasteiger charge is -2.27. The van der Waals surface area contributed by atoms with Gasteiger partial charge in [-0.3, -0.25) is 0 Å². The quantitative estimate of drug-likeness (QED) is 0.579. The molecule has 0 bridgehead atoms. The van der Waals surface area contributed by atoms with Crippen LogP contribution in [0.1, 0.15) is 36.9 Å². The average Bonchev–Trinajstić information content (AvgIpc) is 3.26. The molecule has 0 radical (unpaired) electrons. The van der Waals surface area contributed by atoms with E-state index in [0.717, 1.165) is 53.7 Å². The van der Waals surface area contributed by atoms with Gasteiger partial charge in [0, 0.05) is 12.6 Å². The number of aliphatic hydroxyl groups excluding tert-OH is 1. The van der Waals surface area contributed by atoms with E-state index >= 15 is 0 Å². The molecular formula is C20H21N5O2. The van der Waals surface area contributed by atoms with Crippen molar-refractivity contribution < 1.29 is 9.52 Å². The summed E-state index contributed by atoms with van der Waals surface area (Å²) in [6.07, 6.45) is 8.01. The van der Waals surface area contributed by atoms with Crippen LogP contribution in [0.3, 0.4) is 0 Å². The van der Waals surface area contributed by atoms with E-state index in [-0.39, 0.29) is 12.1 Å². The van der Waals surface area contributed by atoms with E-state index in [1.54, 1.807) is 10.7 Å². The number of hydrogen-bond donors (Lipinski definition) is 2. The molecule has 0 spiro atoms. The molecule has 1 saturated carbocycles. The van der Waals surface area contributed by atoms with E-state index in [9.17, 15) is 5.11 Å². The third-order valence-electron chi connectivity index (χ3n) is 5.16. The van der Waals surface area contributed by atoms with Crippen LogP contribution in [-0.2, 0) is 6.42 Å². The van der Waals surface area contributed by atoms with Crippen LogP contribution in [0.5, 0.6) is 0 Å². The standard InChI is InChI=1S/C20H21N5O2/c26-17-5-2-1-4-15(17)23-20-24-16-8-7-13(11-18(16)27-20)10-14-12-25-19(22-14)6-3-9-21-25/h3,6-9,11-12,15,17,26H,1-2,4-5,10H2,(H,23,24). The molecule has 0 saturated heterocycles. The molecule has 138 valence electrons. The summed E-state index contributed by atoms with van der Waals surface area (Å²) in [6.45, 7) is 0. The molecule has 4 aromatic rings. The number of rotatable bonds is 4. The van der Waals surface area contributed by atoms with Crippen LogP contribution < -0.4 is 5.32 Å². The van der Waals surface area contributed by atoms with Crippen molar-refractivity contribution in [1.29, 1.82) is 0 Å². The highest BCUT2D eigenvalue weighted by Gasteiger charge is 2.24. The second-order valence-corrected chi connectivity index (χ2v) is 7.16. The lowest BCUT2D eigenvalue weighted by atomic mass is 9.93. The highest BCUT2D eigenvalue weighted by molar-refractivity contribution is 5.75. The predicted molar refractivity (Wildman–Crippen MR) is 102 cm³/mol. The topological polar surface area (TPSA) is 88.5 Å². The fraction of sp³-hybridized carbons (Fsp3) is 0.350. The molecule has 0 aliphatic heterocycles. The van der Waals surface area contributed by atoms with Gasteiger partial charge in [0.15, 0.2) is 11.2 Å². The van der Waals surface area contributed by atoms with Gasteiger partial charge in [-0.25, -0.2) is 9.50 Å². The van der Waals surface area contributed by atoms with Crippen LogP contribution in [-0.4, -0.2) is 36.8 Å². The Bertz CT molecular complexity index is 1050. The van der Waals surface area contributed by atoms with Gasteiger partial charge in [-0.1, -0.05) is 18.9 Å². The van der Waals surface area contributed by atoms with Gasteiger partial charge in [-0.2, -0.15) is 10.1 Å². The summed E-state index contributed by atoms with van der Waals surface area (Å²) in [5, 5.41) is 17.6. The molecule has 7 heteroatoms. The number of fused-ring (bicyclic) bond motifs is 2. The number of nitrogens with one attached hydrogen (secondary N) is 1. The minimum atomic E-state index is -0.340. The van der Waals surface area contributed by atoms with E-state index in [0.29, 0.717) is 12.4 Å². The Morgan fingerprint density at radius 3 is 3.00 bits per heavy atom. The highest BCUT2D eigenvalue weighted by atomic mass is 16.4. The maximum absolute atomic E-state index is 10.1. The number of anilines is 1. The van der Waals surface area contributed by atoms with Gasteiger partial charge in [0.05, 0.1) is 24.0 Å². The summed E-state index contributed by atoms with van der Waals surface area (Å²) >= 11 is 0. The van der Waals surface area contributed by atoms with Crippen molar-refractivity contribution in [2.75, 3.05) is 5.32 Å². The Balaban J connectivity index is 1.36. The molecule has 2 N–H and O–H groups in total. The van der Waals surface area contributed by atoms with Crippen molar-refractivity contribution >= 4 is 22.8 Å². The van der Waals surface area contributed by atoms with Crippen molar-refractivity contribution in [3.05, 3.63) is 54.0 Å². The average molecular weight is 363 g/mol. The van der Waals surface area contributed by atoms with Gasteiger partial charge in [0.2, 0.25) is 0 Å². The van der Waals surface area contributed by atoms with Gasteiger partial charge in [-0.15, -0.1) is 0 Å². The van der Waals surface area contributed by atoms with E-state index in [2.05, 4.69) is 20.4 Å². The second-order valence-electron chi connectivity index (χ2n) is 7.16. The molecule has 0 amide bonds. The van der Waals surface area contributed by atoms with Crippen molar-refractivity contribution in [3.63, 3.8) is 0 Å². The number of nitrogens with zero attached hydrogens (tertiary/aromatic N) is 4. The van der Waals surface area contributed by atoms with Crippen molar-refractivity contribution in [2.45, 2.75) is 44.2 Å². The molecule has 3 heterocycles. The summed E-state index contributed by atoms with van der Waals surface area (Å²) < 4.78 is 7.66. The Kier molecular flexibility index (Phi) is 4.01. The van der Waals surface area contributed by atoms with Crippen LogP contribution in [0.2, 0.25) is 0 Å². The summed E-state index contributed by atoms with van der Waals surface area (Å²) in [4.78, 5) is 9.10. The molecule has 27 heavy (non-hydrogen) atoms. The fourth-order valence-electron chi connectivity index (χ4n) is 3.75. The third-order valence-corrected chi connectivity index (χ3v) is 5.16. The zero-order chi connectivity index (χ0) is 18.2. The summed E-state index contributed by atoms with van der Waals surface area (Å²) in [7, 11) is 0. The van der Waals surface area contributed by atoms with Crippen LogP contribution in [0.25, 0.3) is 16.7 Å². The summed E-state index contributed by atoms with van der Waals surface area (Å²) in [6, 6.07) is 10.3. The first-order chi connectivity index (χ1) is 13.2. The fourth-order valence-corrected chi connectivity index (χ4v) is 3.75. The second kappa shape index (κ2) is 6.66. The molecule has 1 aliphatic rings. The number of imidazole rings is 1. The first-order valence-electron chi connectivity index (χ1n) is 9.38. The van der Waals surface area contributed by atoms with Crippen LogP contribution in [0.15, 0.2) is 47.1 Å². The largest absolute Gasteiger partial charge is 0.424 e. The number of aromatic nitrogens is 4. The predicted octanol–water partition coefficient (Wildman–Crippen LogP) is 3.18. The molecular weight excluding hydrogens is 342 g/mol. The molecule has 2 unspecified atom stereocenters. The summed E-state index contributed by atoms with van der Waals surface area (Å²) in [5.41, 5.74) is 4.44. The molecule has 3 aromatic heterocycles. The van der Waals surface area contributed by atoms with E-state index in [1.807, 2.05) is 36.5 Å². The Labute approximate surface area is 156 Å². The minimum Gasteiger partial charge on any atom is -0.424 e. The monoisotopic (exact) mass is 363 g/mol. The SMILES string of the molecule is OC1CCCCC1Nc1nc2ccc(Cc3cn4ncccc4n3)cc2o1. The van der Waals surface area contributed by atoms with Crippen LogP contribution >= 0.6 is 0 Å². The third kappa shape index (κ3) is 3.26. The number of benzene rings is 1. The lowest BCUT2D eigenvalue weighted by molar-refractivity contribution is 0.115. The molecule has 1 fully saturated rings. The first-order valence-corrected chi connectivity index (χ1v) is 9.38. The van der Waals surface area contributed by atoms with Crippen LogP contribution in [0.4, 0.5) is 6.01 Å². The lowest BCUT2D eigenvalue weighted by Crippen LogP contribution is -2.36. The molecule has 7 nitrogen and oxygen atoms in total. The molecule has 1 aromatic carbocycles. The molecule has 1 aliphatic carbocycles. The Hall–Kier alpha value is -2.93. The Morgan fingerprint density at radius 2 is 2.11 bits per heavy atom. The van der Waals surface area contributed by atoms with E-state index in [1.165, 1.54) is 0 Å². The normalized spacial score (nSPS) is 20.3. The van der Waals surface area contributed by atoms with Crippen LogP contribution in [0, 0.1) is 0 Å². The van der Waals surface area contributed by atoms with Gasteiger partial charge in [0.1, 0.15) is 5.52 Å². The van der Waals surface area contributed by atoms with Crippen molar-refractivity contribution in [3.8, 4) is 0 Å². The van der Waals surface area contributed by atoms with E-state index in [4.69, 9.17) is 4.42 Å². The minimum absolute atomic E-state index is 0.0109. The van der Waals surface area contributed by atoms with Gasteiger partial charge < -0.3 is 14.8 Å². The van der Waals surface area contributed by atoms with Crippen molar-refractivity contribution in [2.24, 2.45) is 0 Å². The van der Waals surface area contributed by atoms with Crippen molar-refractivity contribution in [1.82, 2.24) is 19.6 Å². The number of aliphatic hydroxyl groups is 1. The maximum atomic E-state index is 10.1.